The van der Waals surface area contributed by atoms with Gasteiger partial charge in [-0.2, -0.15) is 0 Å². The molecule has 0 saturated heterocycles. The number of benzene rings is 9. The van der Waals surface area contributed by atoms with Gasteiger partial charge in [-0.15, -0.1) is 0 Å². The molecular formula is C46H28O. The average molecular weight is 597 g/mol. The minimum Gasteiger partial charge on any atom is -0.456 e. The Balaban J connectivity index is 1.18. The van der Waals surface area contributed by atoms with Gasteiger partial charge in [0, 0.05) is 10.8 Å². The average Bonchev–Trinajstić information content (AvgIpc) is 3.50. The zero-order valence-corrected chi connectivity index (χ0v) is 25.6. The van der Waals surface area contributed by atoms with E-state index in [0.29, 0.717) is 0 Å². The standard InChI is InChI=1S/C46H28O/c1-2-12-30(13-3-1)44-36-18-8-10-20-38(36)45(39-21-11-9-19-37(39)44)31-24-22-29(23-25-31)40-28-43-46(35-17-7-6-16-34(35)40)41-26-32-14-4-5-15-33(32)27-42(41)47-43/h1-28H. The lowest BCUT2D eigenvalue weighted by Crippen LogP contribution is -1.91. The molecule has 1 nitrogen and oxygen atoms in total. The summed E-state index contributed by atoms with van der Waals surface area (Å²) < 4.78 is 6.57. The highest BCUT2D eigenvalue weighted by Gasteiger charge is 2.18. The fraction of sp³-hybridized carbons (Fsp3) is 0. The van der Waals surface area contributed by atoms with Crippen molar-refractivity contribution in [3.05, 3.63) is 170 Å². The van der Waals surface area contributed by atoms with Gasteiger partial charge in [0.1, 0.15) is 11.2 Å². The Hall–Kier alpha value is -6.18. The van der Waals surface area contributed by atoms with Crippen LogP contribution in [0, 0.1) is 0 Å². The summed E-state index contributed by atoms with van der Waals surface area (Å²) in [6, 6.07) is 61.5. The van der Waals surface area contributed by atoms with Gasteiger partial charge in [-0.3, -0.25) is 0 Å². The molecule has 1 aromatic heterocycles. The Bertz CT molecular complexity index is 2760. The quantitative estimate of drug-likeness (QED) is 0.185. The van der Waals surface area contributed by atoms with Crippen LogP contribution in [0.2, 0.25) is 0 Å². The summed E-state index contributed by atoms with van der Waals surface area (Å²) in [5.41, 5.74) is 9.20. The molecule has 0 bridgehead atoms. The lowest BCUT2D eigenvalue weighted by molar-refractivity contribution is 0.670. The second kappa shape index (κ2) is 10.2. The van der Waals surface area contributed by atoms with E-state index in [-0.39, 0.29) is 0 Å². The van der Waals surface area contributed by atoms with Gasteiger partial charge >= 0.3 is 0 Å². The number of hydrogen-bond acceptors (Lipinski definition) is 1. The third-order valence-corrected chi connectivity index (χ3v) is 9.82. The highest BCUT2D eigenvalue weighted by Crippen LogP contribution is 2.45. The van der Waals surface area contributed by atoms with Crippen molar-refractivity contribution in [2.75, 3.05) is 0 Å². The summed E-state index contributed by atoms with van der Waals surface area (Å²) in [6.45, 7) is 0. The van der Waals surface area contributed by atoms with E-state index in [1.54, 1.807) is 0 Å². The Morgan fingerprint density at radius 3 is 1.38 bits per heavy atom. The van der Waals surface area contributed by atoms with E-state index in [9.17, 15) is 0 Å². The van der Waals surface area contributed by atoms with Crippen molar-refractivity contribution in [3.63, 3.8) is 0 Å². The van der Waals surface area contributed by atoms with E-state index in [1.807, 2.05) is 0 Å². The second-order valence-corrected chi connectivity index (χ2v) is 12.4. The predicted molar refractivity (Wildman–Crippen MR) is 200 cm³/mol. The molecule has 218 valence electrons. The molecule has 0 atom stereocenters. The molecule has 0 aliphatic rings. The van der Waals surface area contributed by atoms with Crippen LogP contribution in [0.3, 0.4) is 0 Å². The van der Waals surface area contributed by atoms with Crippen molar-refractivity contribution in [1.29, 1.82) is 0 Å². The number of rotatable bonds is 3. The number of furan rings is 1. The molecule has 0 saturated carbocycles. The Labute approximate surface area is 271 Å². The lowest BCUT2D eigenvalue weighted by atomic mass is 9.85. The Morgan fingerprint density at radius 2 is 0.766 bits per heavy atom. The van der Waals surface area contributed by atoms with Crippen LogP contribution >= 0.6 is 0 Å². The van der Waals surface area contributed by atoms with Gasteiger partial charge < -0.3 is 4.42 Å². The van der Waals surface area contributed by atoms with Crippen LogP contribution in [0.25, 0.3) is 98.4 Å². The van der Waals surface area contributed by atoms with Crippen LogP contribution in [0.5, 0.6) is 0 Å². The molecule has 1 heteroatoms. The van der Waals surface area contributed by atoms with Gasteiger partial charge in [-0.1, -0.05) is 152 Å². The molecule has 0 unspecified atom stereocenters. The van der Waals surface area contributed by atoms with Crippen molar-refractivity contribution >= 4 is 65.0 Å². The first-order valence-corrected chi connectivity index (χ1v) is 16.2. The molecule has 9 aromatic carbocycles. The van der Waals surface area contributed by atoms with Crippen molar-refractivity contribution in [2.45, 2.75) is 0 Å². The van der Waals surface area contributed by atoms with E-state index in [1.165, 1.54) is 81.9 Å². The summed E-state index contributed by atoms with van der Waals surface area (Å²) >= 11 is 0. The molecule has 1 heterocycles. The van der Waals surface area contributed by atoms with Crippen molar-refractivity contribution in [2.24, 2.45) is 0 Å². The summed E-state index contributed by atoms with van der Waals surface area (Å²) in [5.74, 6) is 0. The van der Waals surface area contributed by atoms with E-state index >= 15 is 0 Å². The predicted octanol–water partition coefficient (Wildman–Crippen LogP) is 13.2. The molecule has 0 N–H and O–H groups in total. The molecule has 0 radical (unpaired) electrons. The van der Waals surface area contributed by atoms with Crippen LogP contribution < -0.4 is 0 Å². The summed E-state index contributed by atoms with van der Waals surface area (Å²) in [4.78, 5) is 0. The molecule has 0 fully saturated rings. The molecule has 0 amide bonds. The topological polar surface area (TPSA) is 13.1 Å². The Kier molecular flexibility index (Phi) is 5.64. The van der Waals surface area contributed by atoms with E-state index < -0.39 is 0 Å². The second-order valence-electron chi connectivity index (χ2n) is 12.4. The van der Waals surface area contributed by atoms with Crippen LogP contribution in [0.1, 0.15) is 0 Å². The number of fused-ring (bicyclic) bond motifs is 8. The first-order valence-electron chi connectivity index (χ1n) is 16.2. The van der Waals surface area contributed by atoms with E-state index in [4.69, 9.17) is 4.42 Å². The molecular weight excluding hydrogens is 569 g/mol. The van der Waals surface area contributed by atoms with Gasteiger partial charge in [0.25, 0.3) is 0 Å². The maximum atomic E-state index is 6.57. The third kappa shape index (κ3) is 3.97. The van der Waals surface area contributed by atoms with Gasteiger partial charge in [0.05, 0.1) is 0 Å². The first-order chi connectivity index (χ1) is 23.3. The summed E-state index contributed by atoms with van der Waals surface area (Å²) in [6.07, 6.45) is 0. The smallest absolute Gasteiger partial charge is 0.136 e. The van der Waals surface area contributed by atoms with E-state index in [0.717, 1.165) is 16.6 Å². The third-order valence-electron chi connectivity index (χ3n) is 9.82. The lowest BCUT2D eigenvalue weighted by Gasteiger charge is -2.18. The Morgan fingerprint density at radius 1 is 0.298 bits per heavy atom. The van der Waals surface area contributed by atoms with Crippen molar-refractivity contribution in [1.82, 2.24) is 0 Å². The van der Waals surface area contributed by atoms with Gasteiger partial charge in [-0.05, 0) is 94.7 Å². The normalized spacial score (nSPS) is 11.8. The largest absolute Gasteiger partial charge is 0.456 e. The molecule has 0 aliphatic carbocycles. The summed E-state index contributed by atoms with van der Waals surface area (Å²) in [7, 11) is 0. The molecule has 10 aromatic rings. The monoisotopic (exact) mass is 596 g/mol. The minimum absolute atomic E-state index is 0.918. The van der Waals surface area contributed by atoms with Gasteiger partial charge in [0.15, 0.2) is 0 Å². The maximum Gasteiger partial charge on any atom is 0.136 e. The van der Waals surface area contributed by atoms with Crippen molar-refractivity contribution in [3.8, 4) is 33.4 Å². The highest BCUT2D eigenvalue weighted by atomic mass is 16.3. The van der Waals surface area contributed by atoms with Gasteiger partial charge in [-0.25, -0.2) is 0 Å². The maximum absolute atomic E-state index is 6.57. The van der Waals surface area contributed by atoms with Crippen LogP contribution in [0.4, 0.5) is 0 Å². The minimum atomic E-state index is 0.918. The van der Waals surface area contributed by atoms with Crippen LogP contribution in [0.15, 0.2) is 174 Å². The number of hydrogen-bond donors (Lipinski definition) is 0. The first kappa shape index (κ1) is 26.1. The molecule has 47 heavy (non-hydrogen) atoms. The zero-order chi connectivity index (χ0) is 30.9. The van der Waals surface area contributed by atoms with E-state index in [2.05, 4.69) is 170 Å². The van der Waals surface area contributed by atoms with Crippen LogP contribution in [-0.4, -0.2) is 0 Å². The SMILES string of the molecule is c1ccc(-c2c3ccccc3c(-c3ccc(-c4cc5oc6cc7ccccc7cc6c5c5ccccc45)cc3)c3ccccc23)cc1. The zero-order valence-electron chi connectivity index (χ0n) is 25.6. The summed E-state index contributed by atoms with van der Waals surface area (Å²) in [5, 5.41) is 12.3. The fourth-order valence-corrected chi connectivity index (χ4v) is 7.74. The molecule has 0 spiro atoms. The fourth-order valence-electron chi connectivity index (χ4n) is 7.74. The van der Waals surface area contributed by atoms with Crippen LogP contribution in [-0.2, 0) is 0 Å². The molecule has 10 rings (SSSR count). The van der Waals surface area contributed by atoms with Gasteiger partial charge in [0.2, 0.25) is 0 Å². The van der Waals surface area contributed by atoms with Crippen molar-refractivity contribution < 1.29 is 4.42 Å². The molecule has 0 aliphatic heterocycles. The highest BCUT2D eigenvalue weighted by molar-refractivity contribution is 6.24.